The molecule has 1 aliphatic rings. The third-order valence-corrected chi connectivity index (χ3v) is 2.97. The molecular weight excluding hydrogens is 216 g/mol. The molecule has 1 rings (SSSR count). The molecular formula is C13H24N2O2. The van der Waals surface area contributed by atoms with Crippen LogP contribution in [0.4, 0.5) is 0 Å². The lowest BCUT2D eigenvalue weighted by Crippen LogP contribution is -2.35. The lowest BCUT2D eigenvalue weighted by Gasteiger charge is -2.21. The molecule has 4 heteroatoms. The van der Waals surface area contributed by atoms with Gasteiger partial charge in [-0.1, -0.05) is 13.8 Å². The molecule has 0 spiro atoms. The molecule has 4 nitrogen and oxygen atoms in total. The van der Waals surface area contributed by atoms with E-state index in [0.29, 0.717) is 24.9 Å². The van der Waals surface area contributed by atoms with E-state index in [0.717, 1.165) is 25.8 Å². The van der Waals surface area contributed by atoms with Gasteiger partial charge in [-0.05, 0) is 25.2 Å². The van der Waals surface area contributed by atoms with E-state index >= 15 is 0 Å². The summed E-state index contributed by atoms with van der Waals surface area (Å²) in [6.45, 7) is 7.14. The first-order valence-electron chi connectivity index (χ1n) is 6.54. The van der Waals surface area contributed by atoms with Gasteiger partial charge in [0.2, 0.25) is 11.8 Å². The minimum absolute atomic E-state index is 0.0601. The normalized spacial score (nSPS) is 14.8. The van der Waals surface area contributed by atoms with E-state index in [-0.39, 0.29) is 11.8 Å². The summed E-state index contributed by atoms with van der Waals surface area (Å²) in [6, 6.07) is 0.406. The molecule has 1 aliphatic carbocycles. The summed E-state index contributed by atoms with van der Waals surface area (Å²) < 4.78 is 0. The first kappa shape index (κ1) is 14.0. The van der Waals surface area contributed by atoms with Crippen LogP contribution in [0.5, 0.6) is 0 Å². The van der Waals surface area contributed by atoms with Crippen molar-refractivity contribution in [1.29, 1.82) is 0 Å². The number of carbonyl (C=O) groups excluding carboxylic acids is 2. The Morgan fingerprint density at radius 1 is 1.29 bits per heavy atom. The van der Waals surface area contributed by atoms with Crippen molar-refractivity contribution in [2.45, 2.75) is 52.5 Å². The molecule has 1 fully saturated rings. The maximum atomic E-state index is 11.5. The molecule has 0 aromatic carbocycles. The average molecular weight is 240 g/mol. The highest BCUT2D eigenvalue weighted by Gasteiger charge is 2.23. The molecule has 2 amide bonds. The van der Waals surface area contributed by atoms with Gasteiger partial charge < -0.3 is 10.2 Å². The molecule has 1 N–H and O–H groups in total. The van der Waals surface area contributed by atoms with Crippen molar-refractivity contribution in [3.63, 3.8) is 0 Å². The second kappa shape index (κ2) is 6.62. The van der Waals surface area contributed by atoms with E-state index in [9.17, 15) is 9.59 Å². The third-order valence-electron chi connectivity index (χ3n) is 2.97. The van der Waals surface area contributed by atoms with E-state index in [1.807, 2.05) is 0 Å². The zero-order chi connectivity index (χ0) is 12.8. The predicted octanol–water partition coefficient (Wildman–Crippen LogP) is 1.55. The molecule has 0 radical (unpaired) electrons. The highest BCUT2D eigenvalue weighted by molar-refractivity contribution is 5.78. The summed E-state index contributed by atoms with van der Waals surface area (Å²) in [5, 5.41) is 2.94. The monoisotopic (exact) mass is 240 g/mol. The molecule has 0 unspecified atom stereocenters. The molecule has 1 saturated carbocycles. The Balaban J connectivity index is 2.22. The summed E-state index contributed by atoms with van der Waals surface area (Å²) >= 11 is 0. The van der Waals surface area contributed by atoms with E-state index in [1.54, 1.807) is 11.8 Å². The fourth-order valence-corrected chi connectivity index (χ4v) is 1.60. The van der Waals surface area contributed by atoms with Gasteiger partial charge in [0.1, 0.15) is 0 Å². The van der Waals surface area contributed by atoms with Crippen LogP contribution in [0.25, 0.3) is 0 Å². The minimum atomic E-state index is 0.0601. The Labute approximate surface area is 104 Å². The van der Waals surface area contributed by atoms with Crippen LogP contribution in [0, 0.1) is 5.92 Å². The smallest absolute Gasteiger partial charge is 0.221 e. The van der Waals surface area contributed by atoms with Crippen molar-refractivity contribution in [2.75, 3.05) is 13.1 Å². The lowest BCUT2D eigenvalue weighted by molar-refractivity contribution is -0.129. The van der Waals surface area contributed by atoms with Crippen molar-refractivity contribution in [2.24, 2.45) is 5.92 Å². The summed E-state index contributed by atoms with van der Waals surface area (Å²) in [7, 11) is 0. The van der Waals surface area contributed by atoms with Gasteiger partial charge in [-0.15, -0.1) is 0 Å². The average Bonchev–Trinajstić information content (AvgIpc) is 3.00. The fraction of sp³-hybridized carbons (Fsp3) is 0.846. The summed E-state index contributed by atoms with van der Waals surface area (Å²) in [5.41, 5.74) is 0. The van der Waals surface area contributed by atoms with Gasteiger partial charge in [-0.3, -0.25) is 9.59 Å². The second-order valence-electron chi connectivity index (χ2n) is 5.28. The van der Waals surface area contributed by atoms with Gasteiger partial charge in [0.15, 0.2) is 0 Å². The third kappa shape index (κ3) is 6.29. The van der Waals surface area contributed by atoms with Crippen molar-refractivity contribution in [1.82, 2.24) is 10.2 Å². The molecule has 0 aromatic rings. The minimum Gasteiger partial charge on any atom is -0.353 e. The Kier molecular flexibility index (Phi) is 5.45. The highest BCUT2D eigenvalue weighted by atomic mass is 16.2. The Morgan fingerprint density at radius 2 is 1.94 bits per heavy atom. The maximum absolute atomic E-state index is 11.5. The maximum Gasteiger partial charge on any atom is 0.221 e. The first-order valence-corrected chi connectivity index (χ1v) is 6.54. The van der Waals surface area contributed by atoms with Crippen LogP contribution in [-0.2, 0) is 9.59 Å². The van der Waals surface area contributed by atoms with Gasteiger partial charge in [-0.2, -0.15) is 0 Å². The van der Waals surface area contributed by atoms with E-state index in [2.05, 4.69) is 19.2 Å². The van der Waals surface area contributed by atoms with Crippen LogP contribution >= 0.6 is 0 Å². The Hall–Kier alpha value is -1.06. The van der Waals surface area contributed by atoms with Crippen molar-refractivity contribution < 1.29 is 9.59 Å². The molecule has 0 atom stereocenters. The van der Waals surface area contributed by atoms with Crippen LogP contribution in [0.3, 0.4) is 0 Å². The van der Waals surface area contributed by atoms with Gasteiger partial charge in [0.05, 0.1) is 0 Å². The summed E-state index contributed by atoms with van der Waals surface area (Å²) in [5.74, 6) is 0.713. The molecule has 0 heterocycles. The van der Waals surface area contributed by atoms with Crippen LogP contribution in [0.2, 0.25) is 0 Å². The van der Waals surface area contributed by atoms with Crippen LogP contribution in [0.15, 0.2) is 0 Å². The molecule has 0 bridgehead atoms. The fourth-order valence-electron chi connectivity index (χ4n) is 1.60. The topological polar surface area (TPSA) is 49.4 Å². The Bertz CT molecular complexity index is 273. The van der Waals surface area contributed by atoms with Gasteiger partial charge in [0.25, 0.3) is 0 Å². The van der Waals surface area contributed by atoms with Crippen molar-refractivity contribution >= 4 is 11.8 Å². The summed E-state index contributed by atoms with van der Waals surface area (Å²) in [4.78, 5) is 24.7. The number of nitrogens with zero attached hydrogens (tertiary/aromatic N) is 1. The zero-order valence-electron chi connectivity index (χ0n) is 11.2. The van der Waals surface area contributed by atoms with Crippen LogP contribution in [-0.4, -0.2) is 35.8 Å². The number of hydrogen-bond acceptors (Lipinski definition) is 2. The highest BCUT2D eigenvalue weighted by Crippen LogP contribution is 2.18. The predicted molar refractivity (Wildman–Crippen MR) is 67.5 cm³/mol. The largest absolute Gasteiger partial charge is 0.353 e. The SMILES string of the molecule is CC(=O)N(CCC(=O)NC1CC1)CCC(C)C. The van der Waals surface area contributed by atoms with E-state index < -0.39 is 0 Å². The van der Waals surface area contributed by atoms with Gasteiger partial charge in [0, 0.05) is 32.5 Å². The van der Waals surface area contributed by atoms with Crippen LogP contribution < -0.4 is 5.32 Å². The Morgan fingerprint density at radius 3 is 2.41 bits per heavy atom. The van der Waals surface area contributed by atoms with Gasteiger partial charge in [-0.25, -0.2) is 0 Å². The number of rotatable bonds is 7. The lowest BCUT2D eigenvalue weighted by atomic mass is 10.1. The number of amides is 2. The molecule has 0 aromatic heterocycles. The zero-order valence-corrected chi connectivity index (χ0v) is 11.2. The van der Waals surface area contributed by atoms with Crippen molar-refractivity contribution in [3.05, 3.63) is 0 Å². The quantitative estimate of drug-likeness (QED) is 0.734. The summed E-state index contributed by atoms with van der Waals surface area (Å²) in [6.07, 6.45) is 3.63. The van der Waals surface area contributed by atoms with Gasteiger partial charge >= 0.3 is 0 Å². The van der Waals surface area contributed by atoms with E-state index in [1.165, 1.54) is 0 Å². The van der Waals surface area contributed by atoms with E-state index in [4.69, 9.17) is 0 Å². The first-order chi connectivity index (χ1) is 7.99. The number of hydrogen-bond donors (Lipinski definition) is 1. The molecule has 0 saturated heterocycles. The molecule has 17 heavy (non-hydrogen) atoms. The van der Waals surface area contributed by atoms with Crippen molar-refractivity contribution in [3.8, 4) is 0 Å². The molecule has 0 aliphatic heterocycles. The second-order valence-corrected chi connectivity index (χ2v) is 5.28. The number of nitrogens with one attached hydrogen (secondary N) is 1. The van der Waals surface area contributed by atoms with Crippen LogP contribution in [0.1, 0.15) is 46.5 Å². The molecule has 98 valence electrons. The standard InChI is InChI=1S/C13H24N2O2/c1-10(2)6-8-15(11(3)16)9-7-13(17)14-12-4-5-12/h10,12H,4-9H2,1-3H3,(H,14,17). The number of carbonyl (C=O) groups is 2.